The summed E-state index contributed by atoms with van der Waals surface area (Å²) >= 11 is 0. The zero-order valence-corrected chi connectivity index (χ0v) is 12.0. The van der Waals surface area contributed by atoms with Gasteiger partial charge in [-0.05, 0) is 39.4 Å². The summed E-state index contributed by atoms with van der Waals surface area (Å²) in [5.74, 6) is 0.269. The van der Waals surface area contributed by atoms with Crippen LogP contribution in [0.4, 0.5) is 8.78 Å². The maximum atomic E-state index is 12.5. The first-order chi connectivity index (χ1) is 9.59. The average Bonchev–Trinajstić information content (AvgIpc) is 2.46. The first-order valence-electron chi connectivity index (χ1n) is 7.06. The van der Waals surface area contributed by atoms with Gasteiger partial charge in [-0.3, -0.25) is 4.90 Å². The summed E-state index contributed by atoms with van der Waals surface area (Å²) in [4.78, 5) is 2.24. The lowest BCUT2D eigenvalue weighted by Gasteiger charge is -2.36. The van der Waals surface area contributed by atoms with E-state index < -0.39 is 6.61 Å². The second-order valence-corrected chi connectivity index (χ2v) is 5.26. The molecule has 1 fully saturated rings. The van der Waals surface area contributed by atoms with E-state index in [0.29, 0.717) is 6.04 Å². The van der Waals surface area contributed by atoms with Gasteiger partial charge < -0.3 is 10.1 Å². The van der Waals surface area contributed by atoms with Crippen LogP contribution in [0.5, 0.6) is 5.75 Å². The fraction of sp³-hybridized carbons (Fsp3) is 0.600. The molecule has 1 aliphatic rings. The van der Waals surface area contributed by atoms with Crippen LogP contribution >= 0.6 is 0 Å². The second-order valence-electron chi connectivity index (χ2n) is 5.26. The molecule has 112 valence electrons. The summed E-state index contributed by atoms with van der Waals surface area (Å²) in [7, 11) is 2.04. The molecule has 1 N–H and O–H groups in total. The third kappa shape index (κ3) is 3.67. The number of halogens is 2. The molecule has 0 aromatic heterocycles. The van der Waals surface area contributed by atoms with Crippen molar-refractivity contribution in [3.05, 3.63) is 29.8 Å². The van der Waals surface area contributed by atoms with Crippen LogP contribution in [-0.4, -0.2) is 37.7 Å². The number of hydrogen-bond acceptors (Lipinski definition) is 3. The van der Waals surface area contributed by atoms with Gasteiger partial charge >= 0.3 is 6.61 Å². The van der Waals surface area contributed by atoms with E-state index in [0.717, 1.165) is 31.5 Å². The van der Waals surface area contributed by atoms with Crippen molar-refractivity contribution in [2.45, 2.75) is 38.5 Å². The molecule has 1 heterocycles. The lowest BCUT2D eigenvalue weighted by atomic mass is 10.0. The molecule has 2 unspecified atom stereocenters. The minimum absolute atomic E-state index is 0.0369. The van der Waals surface area contributed by atoms with E-state index in [1.807, 2.05) is 26.1 Å². The molecule has 0 spiro atoms. The lowest BCUT2D eigenvalue weighted by Crippen LogP contribution is -2.45. The van der Waals surface area contributed by atoms with E-state index in [4.69, 9.17) is 0 Å². The first-order valence-corrected chi connectivity index (χ1v) is 7.06. The van der Waals surface area contributed by atoms with Gasteiger partial charge in [0.15, 0.2) is 0 Å². The maximum Gasteiger partial charge on any atom is 0.387 e. The van der Waals surface area contributed by atoms with E-state index in [-0.39, 0.29) is 11.8 Å². The summed E-state index contributed by atoms with van der Waals surface area (Å²) in [6.07, 6.45) is 2.28. The van der Waals surface area contributed by atoms with Crippen LogP contribution in [-0.2, 0) is 0 Å². The largest absolute Gasteiger partial charge is 0.434 e. The van der Waals surface area contributed by atoms with Crippen LogP contribution in [0.25, 0.3) is 0 Å². The number of piperidine rings is 1. The molecule has 0 aliphatic carbocycles. The Morgan fingerprint density at radius 1 is 1.35 bits per heavy atom. The summed E-state index contributed by atoms with van der Waals surface area (Å²) in [6, 6.07) is 7.50. The number of nitrogens with zero attached hydrogens (tertiary/aromatic N) is 1. The second kappa shape index (κ2) is 6.99. The molecule has 0 amide bonds. The Labute approximate surface area is 118 Å². The molecular formula is C15H22F2N2O. The van der Waals surface area contributed by atoms with Gasteiger partial charge in [-0.2, -0.15) is 8.78 Å². The number of rotatable bonds is 5. The van der Waals surface area contributed by atoms with Gasteiger partial charge in [-0.25, -0.2) is 0 Å². The van der Waals surface area contributed by atoms with Crippen LogP contribution in [0, 0.1) is 0 Å². The molecule has 1 aromatic rings. The van der Waals surface area contributed by atoms with Crippen molar-refractivity contribution < 1.29 is 13.5 Å². The highest BCUT2D eigenvalue weighted by Crippen LogP contribution is 2.31. The maximum absolute atomic E-state index is 12.5. The van der Waals surface area contributed by atoms with Crippen LogP contribution in [0.2, 0.25) is 0 Å². The molecule has 2 atom stereocenters. The molecule has 1 aromatic carbocycles. The van der Waals surface area contributed by atoms with Crippen LogP contribution < -0.4 is 10.1 Å². The van der Waals surface area contributed by atoms with Crippen LogP contribution in [0.3, 0.4) is 0 Å². The molecule has 1 aliphatic heterocycles. The normalized spacial score (nSPS) is 21.2. The van der Waals surface area contributed by atoms with Gasteiger partial charge in [0.1, 0.15) is 5.75 Å². The molecule has 2 rings (SSSR count). The van der Waals surface area contributed by atoms with Gasteiger partial charge in [-0.15, -0.1) is 0 Å². The monoisotopic (exact) mass is 284 g/mol. The van der Waals surface area contributed by atoms with Crippen molar-refractivity contribution in [2.24, 2.45) is 0 Å². The number of ether oxygens (including phenoxy) is 1. The van der Waals surface area contributed by atoms with E-state index in [1.54, 1.807) is 12.1 Å². The number of benzene rings is 1. The van der Waals surface area contributed by atoms with Crippen molar-refractivity contribution >= 4 is 0 Å². The zero-order valence-electron chi connectivity index (χ0n) is 12.0. The molecule has 20 heavy (non-hydrogen) atoms. The van der Waals surface area contributed by atoms with Gasteiger partial charge in [0, 0.05) is 24.2 Å². The summed E-state index contributed by atoms with van der Waals surface area (Å²) in [5, 5.41) is 3.38. The topological polar surface area (TPSA) is 24.5 Å². The fourth-order valence-electron chi connectivity index (χ4n) is 2.75. The van der Waals surface area contributed by atoms with Crippen molar-refractivity contribution in [1.82, 2.24) is 10.2 Å². The minimum atomic E-state index is -2.79. The average molecular weight is 284 g/mol. The lowest BCUT2D eigenvalue weighted by molar-refractivity contribution is -0.0512. The molecule has 0 radical (unpaired) electrons. The zero-order chi connectivity index (χ0) is 14.5. The quantitative estimate of drug-likeness (QED) is 0.899. The third-order valence-corrected chi connectivity index (χ3v) is 4.04. The Hall–Kier alpha value is -1.20. The minimum Gasteiger partial charge on any atom is -0.434 e. The number of likely N-dealkylation sites (N-methyl/N-ethyl adjacent to an activating group) is 1. The van der Waals surface area contributed by atoms with E-state index >= 15 is 0 Å². The summed E-state index contributed by atoms with van der Waals surface area (Å²) < 4.78 is 29.6. The van der Waals surface area contributed by atoms with E-state index in [1.165, 1.54) is 0 Å². The van der Waals surface area contributed by atoms with Crippen molar-refractivity contribution in [1.29, 1.82) is 0 Å². The number of nitrogens with one attached hydrogen (secondary N) is 1. The molecule has 1 saturated heterocycles. The summed E-state index contributed by atoms with van der Waals surface area (Å²) in [5.41, 5.74) is 0.806. The predicted molar refractivity (Wildman–Crippen MR) is 75.1 cm³/mol. The third-order valence-electron chi connectivity index (χ3n) is 4.04. The van der Waals surface area contributed by atoms with Crippen molar-refractivity contribution in [3.8, 4) is 5.75 Å². The van der Waals surface area contributed by atoms with E-state index in [2.05, 4.69) is 15.0 Å². The highest BCUT2D eigenvalue weighted by Gasteiger charge is 2.25. The van der Waals surface area contributed by atoms with Gasteiger partial charge in [0.2, 0.25) is 0 Å². The Bertz CT molecular complexity index is 422. The van der Waals surface area contributed by atoms with Crippen LogP contribution in [0.15, 0.2) is 24.3 Å². The van der Waals surface area contributed by atoms with Gasteiger partial charge in [-0.1, -0.05) is 18.2 Å². The predicted octanol–water partition coefficient (Wildman–Crippen LogP) is 3.03. The fourth-order valence-corrected chi connectivity index (χ4v) is 2.75. The number of para-hydroxylation sites is 1. The smallest absolute Gasteiger partial charge is 0.387 e. The Kier molecular flexibility index (Phi) is 5.31. The molecule has 0 saturated carbocycles. The number of alkyl halides is 2. The first kappa shape index (κ1) is 15.2. The molecular weight excluding hydrogens is 262 g/mol. The standard InChI is InChI=1S/C15H22F2N2O/c1-11(19(2)12-6-5-9-18-10-12)13-7-3-4-8-14(13)20-15(16)17/h3-4,7-8,11-12,15,18H,5-6,9-10H2,1-2H3. The molecule has 0 bridgehead atoms. The SMILES string of the molecule is CC(c1ccccc1OC(F)F)N(C)C1CCCNC1. The van der Waals surface area contributed by atoms with E-state index in [9.17, 15) is 8.78 Å². The highest BCUT2D eigenvalue weighted by atomic mass is 19.3. The molecule has 3 nitrogen and oxygen atoms in total. The highest BCUT2D eigenvalue weighted by molar-refractivity contribution is 5.35. The summed E-state index contributed by atoms with van der Waals surface area (Å²) in [6.45, 7) is 1.25. The van der Waals surface area contributed by atoms with Crippen molar-refractivity contribution in [2.75, 3.05) is 20.1 Å². The number of hydrogen-bond donors (Lipinski definition) is 1. The Morgan fingerprint density at radius 2 is 2.10 bits per heavy atom. The van der Waals surface area contributed by atoms with Gasteiger partial charge in [0.05, 0.1) is 0 Å². The van der Waals surface area contributed by atoms with Crippen LogP contribution in [0.1, 0.15) is 31.4 Å². The Balaban J connectivity index is 2.12. The molecule has 5 heteroatoms. The Morgan fingerprint density at radius 3 is 2.75 bits per heavy atom. The van der Waals surface area contributed by atoms with Gasteiger partial charge in [0.25, 0.3) is 0 Å². The van der Waals surface area contributed by atoms with Crippen molar-refractivity contribution in [3.63, 3.8) is 0 Å².